The molecule has 0 aliphatic heterocycles. The summed E-state index contributed by atoms with van der Waals surface area (Å²) in [6.45, 7) is 2.04. The number of imidazole rings is 1. The third kappa shape index (κ3) is 3.41. The molecule has 0 fully saturated rings. The van der Waals surface area contributed by atoms with Crippen LogP contribution in [0.3, 0.4) is 0 Å². The summed E-state index contributed by atoms with van der Waals surface area (Å²) in [6, 6.07) is 16.6. The minimum absolute atomic E-state index is 0. The number of pyridine rings is 1. The monoisotopic (exact) mass is 419 g/mol. The van der Waals surface area contributed by atoms with Crippen molar-refractivity contribution >= 4 is 34.5 Å². The van der Waals surface area contributed by atoms with E-state index in [1.165, 1.54) is 0 Å². The van der Waals surface area contributed by atoms with Gasteiger partial charge in [0.25, 0.3) is 0 Å². The predicted octanol–water partition coefficient (Wildman–Crippen LogP) is 5.55. The van der Waals surface area contributed by atoms with Crippen molar-refractivity contribution in [3.8, 4) is 32.7 Å². The molecule has 0 radical (unpaired) electrons. The number of rotatable bonds is 3. The van der Waals surface area contributed by atoms with Gasteiger partial charge in [-0.15, -0.1) is 33.9 Å². The van der Waals surface area contributed by atoms with E-state index in [1.807, 2.05) is 43.1 Å². The molecule has 0 unspecified atom stereocenters. The first-order chi connectivity index (χ1) is 13.7. The second-order valence-electron chi connectivity index (χ2n) is 6.69. The lowest BCUT2D eigenvalue weighted by Gasteiger charge is -2.08. The number of benzene rings is 1. The summed E-state index contributed by atoms with van der Waals surface area (Å²) in [7, 11) is 1.97. The van der Waals surface area contributed by atoms with Gasteiger partial charge in [0.2, 0.25) is 0 Å². The van der Waals surface area contributed by atoms with E-state index in [-0.39, 0.29) is 12.4 Å². The lowest BCUT2D eigenvalue weighted by molar-refractivity contribution is 0.909. The number of thiophene rings is 1. The zero-order valence-corrected chi connectivity index (χ0v) is 17.5. The molecule has 0 atom stereocenters. The third-order valence-electron chi connectivity index (χ3n) is 4.72. The van der Waals surface area contributed by atoms with Crippen LogP contribution in [0.15, 0.2) is 67.1 Å². The van der Waals surface area contributed by atoms with Crippen LogP contribution in [0.4, 0.5) is 0 Å². The molecule has 0 saturated heterocycles. The van der Waals surface area contributed by atoms with Gasteiger partial charge in [0.1, 0.15) is 11.4 Å². The third-order valence-corrected chi connectivity index (χ3v) is 5.84. The van der Waals surface area contributed by atoms with Gasteiger partial charge in [0.05, 0.1) is 15.4 Å². The maximum Gasteiger partial charge on any atom is 0.160 e. The van der Waals surface area contributed by atoms with E-state index in [1.54, 1.807) is 17.5 Å². The molecule has 0 amide bonds. The Kier molecular flexibility index (Phi) is 5.13. The molecule has 29 heavy (non-hydrogen) atoms. The van der Waals surface area contributed by atoms with E-state index >= 15 is 0 Å². The minimum Gasteiger partial charge on any atom is -0.333 e. The van der Waals surface area contributed by atoms with E-state index in [4.69, 9.17) is 0 Å². The molecule has 0 saturated carbocycles. The van der Waals surface area contributed by atoms with Crippen LogP contribution in [-0.4, -0.2) is 24.7 Å². The van der Waals surface area contributed by atoms with Crippen LogP contribution in [0.5, 0.6) is 0 Å². The highest BCUT2D eigenvalue weighted by atomic mass is 35.5. The van der Waals surface area contributed by atoms with Crippen LogP contribution in [0.2, 0.25) is 0 Å². The van der Waals surface area contributed by atoms with Crippen molar-refractivity contribution in [2.45, 2.75) is 6.92 Å². The highest BCUT2D eigenvalue weighted by Crippen LogP contribution is 2.37. The number of aromatic nitrogens is 5. The minimum atomic E-state index is 0. The molecule has 5 aromatic rings. The quantitative estimate of drug-likeness (QED) is 0.384. The van der Waals surface area contributed by atoms with Crippen LogP contribution >= 0.6 is 23.7 Å². The molecule has 1 aromatic carbocycles. The Labute approximate surface area is 178 Å². The highest BCUT2D eigenvalue weighted by Gasteiger charge is 2.16. The van der Waals surface area contributed by atoms with E-state index in [0.717, 1.165) is 49.0 Å². The summed E-state index contributed by atoms with van der Waals surface area (Å²) in [6.07, 6.45) is 5.59. The molecular formula is C22H18ClN5S. The van der Waals surface area contributed by atoms with Crippen LogP contribution in [-0.2, 0) is 7.05 Å². The fourth-order valence-electron chi connectivity index (χ4n) is 3.26. The molecule has 7 heteroatoms. The first-order valence-electron chi connectivity index (χ1n) is 8.97. The Morgan fingerprint density at radius 1 is 0.828 bits per heavy atom. The molecule has 0 aliphatic carbocycles. The summed E-state index contributed by atoms with van der Waals surface area (Å²) >= 11 is 1.68. The van der Waals surface area contributed by atoms with Gasteiger partial charge >= 0.3 is 0 Å². The number of fused-ring (bicyclic) bond motifs is 1. The van der Waals surface area contributed by atoms with E-state index in [0.29, 0.717) is 0 Å². The van der Waals surface area contributed by atoms with E-state index < -0.39 is 0 Å². The van der Waals surface area contributed by atoms with Gasteiger partial charge in [-0.3, -0.25) is 4.98 Å². The van der Waals surface area contributed by atoms with Crippen LogP contribution in [0, 0.1) is 6.92 Å². The van der Waals surface area contributed by atoms with Crippen LogP contribution in [0.25, 0.3) is 43.4 Å². The highest BCUT2D eigenvalue weighted by molar-refractivity contribution is 7.18. The van der Waals surface area contributed by atoms with Crippen molar-refractivity contribution in [1.82, 2.24) is 24.7 Å². The Hall–Kier alpha value is -3.09. The molecule has 4 heterocycles. The largest absolute Gasteiger partial charge is 0.333 e. The lowest BCUT2D eigenvalue weighted by atomic mass is 10.1. The summed E-state index contributed by atoms with van der Waals surface area (Å²) in [5.74, 6) is 0.811. The molecule has 0 aliphatic rings. The molecular weight excluding hydrogens is 402 g/mol. The maximum atomic E-state index is 4.58. The smallest absolute Gasteiger partial charge is 0.160 e. The molecule has 0 N–H and O–H groups in total. The van der Waals surface area contributed by atoms with Crippen molar-refractivity contribution in [1.29, 1.82) is 0 Å². The summed E-state index contributed by atoms with van der Waals surface area (Å²) in [5.41, 5.74) is 3.81. The molecule has 5 rings (SSSR count). The standard InChI is InChI=1S/C22H17N5S.ClH/c1-14-7-8-17(24-13-14)18-9-10-19(28-18)20-15-5-3-4-6-16(15)21(26-25-20)22-23-11-12-27(22)2;/h3-13H,1-2H3;1H. The van der Waals surface area contributed by atoms with Crippen LogP contribution in [0.1, 0.15) is 5.56 Å². The predicted molar refractivity (Wildman–Crippen MR) is 120 cm³/mol. The maximum absolute atomic E-state index is 4.58. The van der Waals surface area contributed by atoms with Gasteiger partial charge in [-0.1, -0.05) is 30.3 Å². The fourth-order valence-corrected chi connectivity index (χ4v) is 4.24. The molecule has 5 nitrogen and oxygen atoms in total. The lowest BCUT2D eigenvalue weighted by Crippen LogP contribution is -1.98. The second-order valence-corrected chi connectivity index (χ2v) is 7.77. The Morgan fingerprint density at radius 3 is 2.24 bits per heavy atom. The first-order valence-corrected chi connectivity index (χ1v) is 9.79. The number of aryl methyl sites for hydroxylation is 2. The van der Waals surface area contributed by atoms with Gasteiger partial charge in [-0.25, -0.2) is 4.98 Å². The van der Waals surface area contributed by atoms with Crippen molar-refractivity contribution in [2.24, 2.45) is 7.05 Å². The van der Waals surface area contributed by atoms with Gasteiger partial charge < -0.3 is 4.57 Å². The van der Waals surface area contributed by atoms with Gasteiger partial charge in [0, 0.05) is 36.4 Å². The Morgan fingerprint density at radius 2 is 1.55 bits per heavy atom. The zero-order valence-electron chi connectivity index (χ0n) is 15.9. The fraction of sp³-hybridized carbons (Fsp3) is 0.0909. The summed E-state index contributed by atoms with van der Waals surface area (Å²) < 4.78 is 1.96. The first kappa shape index (κ1) is 19.2. The van der Waals surface area contributed by atoms with Gasteiger partial charge in [0.15, 0.2) is 5.82 Å². The Bertz CT molecular complexity index is 1290. The number of nitrogens with zero attached hydrogens (tertiary/aromatic N) is 5. The second kappa shape index (κ2) is 7.73. The summed E-state index contributed by atoms with van der Waals surface area (Å²) in [5, 5.41) is 11.2. The molecule has 144 valence electrons. The summed E-state index contributed by atoms with van der Waals surface area (Å²) in [4.78, 5) is 11.2. The normalized spacial score (nSPS) is 10.8. The van der Waals surface area contributed by atoms with Crippen molar-refractivity contribution in [3.63, 3.8) is 0 Å². The molecule has 0 bridgehead atoms. The van der Waals surface area contributed by atoms with E-state index in [9.17, 15) is 0 Å². The number of hydrogen-bond donors (Lipinski definition) is 0. The van der Waals surface area contributed by atoms with Crippen LogP contribution < -0.4 is 0 Å². The van der Waals surface area contributed by atoms with Crippen molar-refractivity contribution in [2.75, 3.05) is 0 Å². The molecule has 0 spiro atoms. The average Bonchev–Trinajstić information content (AvgIpc) is 3.37. The van der Waals surface area contributed by atoms with Crippen molar-refractivity contribution < 1.29 is 0 Å². The zero-order chi connectivity index (χ0) is 19.1. The van der Waals surface area contributed by atoms with Gasteiger partial charge in [-0.05, 0) is 30.7 Å². The SMILES string of the molecule is Cc1ccc(-c2ccc(-c3nnc(-c4nccn4C)c4ccccc34)s2)nc1.Cl. The topological polar surface area (TPSA) is 56.5 Å². The van der Waals surface area contributed by atoms with E-state index in [2.05, 4.69) is 56.6 Å². The Balaban J connectivity index is 0.00000205. The number of hydrogen-bond acceptors (Lipinski definition) is 5. The van der Waals surface area contributed by atoms with Gasteiger partial charge in [-0.2, -0.15) is 0 Å². The average molecular weight is 420 g/mol. The molecule has 4 aromatic heterocycles. The number of halogens is 1. The van der Waals surface area contributed by atoms with Crippen molar-refractivity contribution in [3.05, 3.63) is 72.7 Å².